The second-order valence-electron chi connectivity index (χ2n) is 20.4. The average Bonchev–Trinajstić information content (AvgIpc) is 3.91. The number of benzene rings is 2. The number of hydrogen-bond donors (Lipinski definition) is 3. The minimum absolute atomic E-state index is 0.00926. The van der Waals surface area contributed by atoms with E-state index in [0.29, 0.717) is 37.2 Å². The third-order valence-electron chi connectivity index (χ3n) is 12.5. The molecule has 0 bridgehead atoms. The van der Waals surface area contributed by atoms with E-state index in [1.807, 2.05) is 44.1 Å². The lowest BCUT2D eigenvalue weighted by molar-refractivity contribution is -0.120. The fourth-order valence-electron chi connectivity index (χ4n) is 8.05. The molecule has 1 amide bonds. The number of ketones is 2. The van der Waals surface area contributed by atoms with E-state index in [-0.39, 0.29) is 40.8 Å². The van der Waals surface area contributed by atoms with Gasteiger partial charge in [0.2, 0.25) is 17.5 Å². The maximum absolute atomic E-state index is 12.9. The Balaban J connectivity index is 0.000000244. The van der Waals surface area contributed by atoms with Crippen LogP contribution in [0.25, 0.3) is 11.1 Å². The van der Waals surface area contributed by atoms with E-state index >= 15 is 0 Å². The lowest BCUT2D eigenvalue weighted by Gasteiger charge is -2.31. The number of nitrogens with zero attached hydrogens (tertiary/aromatic N) is 5. The fourth-order valence-corrected chi connectivity index (χ4v) is 8.05. The van der Waals surface area contributed by atoms with Crippen molar-refractivity contribution in [2.45, 2.75) is 112 Å². The summed E-state index contributed by atoms with van der Waals surface area (Å²) in [6, 6.07) is 14.4. The number of carbonyl (C=O) groups excluding carboxylic acids is 3. The zero-order valence-electron chi connectivity index (χ0n) is 40.8. The molecule has 0 spiro atoms. The van der Waals surface area contributed by atoms with Gasteiger partial charge in [-0.2, -0.15) is 5.26 Å². The van der Waals surface area contributed by atoms with Gasteiger partial charge in [0.25, 0.3) is 0 Å². The average molecular weight is 885 g/mol. The molecule has 6 rings (SSSR count). The van der Waals surface area contributed by atoms with E-state index in [1.165, 1.54) is 22.9 Å². The van der Waals surface area contributed by atoms with E-state index in [4.69, 9.17) is 10.00 Å². The van der Waals surface area contributed by atoms with Crippen molar-refractivity contribution in [3.8, 4) is 6.07 Å². The quantitative estimate of drug-likeness (QED) is 0.0829. The van der Waals surface area contributed by atoms with Crippen molar-refractivity contribution in [2.75, 3.05) is 54.4 Å². The number of H-pyrrole nitrogens is 2. The molecule has 12 heteroatoms. The summed E-state index contributed by atoms with van der Waals surface area (Å²) in [5.74, 6) is 0.475. The molecule has 0 fully saturated rings. The second-order valence-corrected chi connectivity index (χ2v) is 20.4. The summed E-state index contributed by atoms with van der Waals surface area (Å²) in [6.45, 7) is 18.3. The van der Waals surface area contributed by atoms with E-state index < -0.39 is 5.60 Å². The van der Waals surface area contributed by atoms with E-state index in [2.05, 4.69) is 122 Å². The van der Waals surface area contributed by atoms with Crippen molar-refractivity contribution in [1.29, 1.82) is 5.26 Å². The standard InChI is InChI=1S/C27H39N3O2.C26H33N5O2/c1-19-18-28-25(29-19)24(31)16-21-8-9-22(27(4,5)32-15-14-30(6)7)17-23(21)20-10-12-26(2,3)13-11-20;1-26(2)9-7-19(8-10-26)22-13-18(14-24(33)28-11-12-31(3)4)5-6-20(22)15-23(32)25-29-17-21(16-27)30-25/h8-10,17-18H,11-16H2,1-7H3,(H,28,29);5-7,13,17H,8-12,14-15H2,1-4H3,(H,28,33)(H,29,30). The van der Waals surface area contributed by atoms with Crippen LogP contribution in [0.2, 0.25) is 0 Å². The molecule has 3 N–H and O–H groups in total. The number of aromatic nitrogens is 4. The van der Waals surface area contributed by atoms with Crippen LogP contribution in [0.1, 0.15) is 146 Å². The van der Waals surface area contributed by atoms with Gasteiger partial charge >= 0.3 is 0 Å². The molecule has 12 nitrogen and oxygen atoms in total. The summed E-state index contributed by atoms with van der Waals surface area (Å²) in [4.78, 5) is 56.4. The van der Waals surface area contributed by atoms with Crippen molar-refractivity contribution in [3.05, 3.63) is 117 Å². The Morgan fingerprint density at radius 1 is 0.785 bits per heavy atom. The largest absolute Gasteiger partial charge is 0.370 e. The zero-order valence-corrected chi connectivity index (χ0v) is 40.8. The molecule has 0 saturated carbocycles. The number of ether oxygens (including phenoxy) is 1. The number of hydrogen-bond acceptors (Lipinski definition) is 9. The molecule has 348 valence electrons. The highest BCUT2D eigenvalue weighted by molar-refractivity contribution is 5.96. The normalized spacial score (nSPS) is 15.7. The van der Waals surface area contributed by atoms with Gasteiger partial charge in [0.1, 0.15) is 11.8 Å². The number of likely N-dealkylation sites (N-methyl/N-ethyl adjacent to an activating group) is 2. The van der Waals surface area contributed by atoms with E-state index in [9.17, 15) is 14.4 Å². The summed E-state index contributed by atoms with van der Waals surface area (Å²) < 4.78 is 6.25. The summed E-state index contributed by atoms with van der Waals surface area (Å²) in [5.41, 5.74) is 10.2. The number of nitrogens with one attached hydrogen (secondary N) is 3. The molecule has 2 aliphatic rings. The molecule has 65 heavy (non-hydrogen) atoms. The zero-order chi connectivity index (χ0) is 47.5. The van der Waals surface area contributed by atoms with Crippen molar-refractivity contribution >= 4 is 28.6 Å². The Bertz CT molecular complexity index is 2400. The van der Waals surface area contributed by atoms with Crippen LogP contribution in [0.3, 0.4) is 0 Å². The molecular weight excluding hydrogens is 813 g/mol. The molecule has 4 aromatic rings. The number of amides is 1. The number of rotatable bonds is 18. The third kappa shape index (κ3) is 15.0. The predicted molar refractivity (Wildman–Crippen MR) is 260 cm³/mol. The number of Topliss-reactive ketones (excluding diaryl/α,β-unsaturated/α-hetero) is 2. The maximum atomic E-state index is 12.9. The van der Waals surface area contributed by atoms with Crippen LogP contribution in [0.5, 0.6) is 0 Å². The number of carbonyl (C=O) groups is 3. The molecule has 0 unspecified atom stereocenters. The van der Waals surface area contributed by atoms with Gasteiger partial charge in [-0.1, -0.05) is 70.2 Å². The first-order valence-corrected chi connectivity index (χ1v) is 23.0. The smallest absolute Gasteiger partial charge is 0.224 e. The Labute approximate surface area is 387 Å². The molecule has 2 aromatic carbocycles. The van der Waals surface area contributed by atoms with Crippen molar-refractivity contribution < 1.29 is 19.1 Å². The van der Waals surface area contributed by atoms with Crippen LogP contribution >= 0.6 is 0 Å². The molecule has 0 aliphatic heterocycles. The number of aryl methyl sites for hydroxylation is 1. The first-order valence-electron chi connectivity index (χ1n) is 23.0. The van der Waals surface area contributed by atoms with Crippen LogP contribution in [0, 0.1) is 29.1 Å². The minimum atomic E-state index is -0.403. The molecule has 2 aromatic heterocycles. The Hall–Kier alpha value is -5.48. The highest BCUT2D eigenvalue weighted by Crippen LogP contribution is 2.41. The van der Waals surface area contributed by atoms with Crippen molar-refractivity contribution in [1.82, 2.24) is 35.1 Å². The highest BCUT2D eigenvalue weighted by atomic mass is 16.5. The summed E-state index contributed by atoms with van der Waals surface area (Å²) in [6.07, 6.45) is 14.8. The maximum Gasteiger partial charge on any atom is 0.224 e. The monoisotopic (exact) mass is 885 g/mol. The lowest BCUT2D eigenvalue weighted by Crippen LogP contribution is -2.32. The van der Waals surface area contributed by atoms with Gasteiger partial charge in [0.15, 0.2) is 11.6 Å². The molecule has 0 radical (unpaired) electrons. The Morgan fingerprint density at radius 3 is 1.85 bits per heavy atom. The van der Waals surface area contributed by atoms with Gasteiger partial charge in [-0.15, -0.1) is 0 Å². The van der Waals surface area contributed by atoms with Crippen LogP contribution < -0.4 is 5.32 Å². The van der Waals surface area contributed by atoms with Gasteiger partial charge < -0.3 is 29.8 Å². The van der Waals surface area contributed by atoms with Crippen LogP contribution in [0.4, 0.5) is 0 Å². The number of allylic oxidation sites excluding steroid dienone is 4. The lowest BCUT2D eigenvalue weighted by atomic mass is 9.76. The van der Waals surface area contributed by atoms with E-state index in [1.54, 1.807) is 6.20 Å². The molecule has 0 saturated heterocycles. The Morgan fingerprint density at radius 2 is 1.34 bits per heavy atom. The first-order chi connectivity index (χ1) is 30.6. The topological polar surface area (TPSA) is 160 Å². The van der Waals surface area contributed by atoms with Gasteiger partial charge in [0, 0.05) is 44.4 Å². The van der Waals surface area contributed by atoms with E-state index in [0.717, 1.165) is 85.1 Å². The SMILES string of the molecule is CN(C)CCNC(=O)Cc1ccc(CC(=O)c2ncc(C#N)[nH]2)c(C2=CCC(C)(C)CC2)c1.Cc1cnc(C(=O)Cc2ccc(C(C)(C)OCCN(C)C)cc2C2=CCC(C)(C)CC2)[nH]1. The molecular formula is C53H72N8O4. The fraction of sp³-hybridized carbons (Fsp3) is 0.509. The Kier molecular flexibility index (Phi) is 17.2. The first kappa shape index (κ1) is 50.5. The van der Waals surface area contributed by atoms with Crippen LogP contribution in [-0.2, 0) is 34.4 Å². The molecule has 0 atom stereocenters. The second kappa shape index (κ2) is 22.1. The van der Waals surface area contributed by atoms with Gasteiger partial charge in [-0.05, 0) is 149 Å². The number of nitriles is 1. The molecule has 2 aliphatic carbocycles. The van der Waals surface area contributed by atoms with Crippen molar-refractivity contribution in [3.63, 3.8) is 0 Å². The van der Waals surface area contributed by atoms with Crippen LogP contribution in [-0.4, -0.2) is 102 Å². The van der Waals surface area contributed by atoms with Gasteiger partial charge in [-0.25, -0.2) is 9.97 Å². The molecule has 2 heterocycles. The highest BCUT2D eigenvalue weighted by Gasteiger charge is 2.28. The van der Waals surface area contributed by atoms with Crippen molar-refractivity contribution in [2.24, 2.45) is 10.8 Å². The summed E-state index contributed by atoms with van der Waals surface area (Å²) >= 11 is 0. The summed E-state index contributed by atoms with van der Waals surface area (Å²) in [5, 5.41) is 11.9. The number of aromatic amines is 2. The number of imidazole rings is 2. The predicted octanol–water partition coefficient (Wildman–Crippen LogP) is 9.07. The van der Waals surface area contributed by atoms with Gasteiger partial charge in [0.05, 0.1) is 24.8 Å². The van der Waals surface area contributed by atoms with Crippen LogP contribution in [0.15, 0.2) is 60.9 Å². The van der Waals surface area contributed by atoms with Gasteiger partial charge in [-0.3, -0.25) is 14.4 Å². The third-order valence-corrected chi connectivity index (χ3v) is 12.5. The summed E-state index contributed by atoms with van der Waals surface area (Å²) in [7, 11) is 8.05. The minimum Gasteiger partial charge on any atom is -0.370 e.